The first-order valence-corrected chi connectivity index (χ1v) is 13.8. The summed E-state index contributed by atoms with van der Waals surface area (Å²) >= 11 is 11.9. The summed E-state index contributed by atoms with van der Waals surface area (Å²) < 4.78 is 5.55. The SMILES string of the molecule is CCCCCCCCCCCCCCCCO[Si](C)(C)C(Cl)Cl. The van der Waals surface area contributed by atoms with Gasteiger partial charge in [0.2, 0.25) is 8.32 Å². The number of hydrogen-bond acceptors (Lipinski definition) is 1. The highest BCUT2D eigenvalue weighted by Crippen LogP contribution is 2.20. The second-order valence-corrected chi connectivity index (χ2v) is 13.2. The fourth-order valence-electron chi connectivity index (χ4n) is 2.69. The molecule has 0 aromatic heterocycles. The molecule has 0 bridgehead atoms. The minimum absolute atomic E-state index is 0.325. The van der Waals surface area contributed by atoms with Gasteiger partial charge in [0.05, 0.1) is 0 Å². The van der Waals surface area contributed by atoms with E-state index in [1.165, 1.54) is 83.5 Å². The van der Waals surface area contributed by atoms with Gasteiger partial charge in [0.25, 0.3) is 0 Å². The molecule has 23 heavy (non-hydrogen) atoms. The number of hydrogen-bond donors (Lipinski definition) is 0. The van der Waals surface area contributed by atoms with Crippen molar-refractivity contribution in [2.24, 2.45) is 0 Å². The summed E-state index contributed by atoms with van der Waals surface area (Å²) in [6, 6.07) is 0. The molecule has 0 atom stereocenters. The van der Waals surface area contributed by atoms with Gasteiger partial charge in [-0.3, -0.25) is 0 Å². The summed E-state index contributed by atoms with van der Waals surface area (Å²) in [4.78, 5) is 0. The lowest BCUT2D eigenvalue weighted by atomic mass is 10.0. The van der Waals surface area contributed by atoms with Gasteiger partial charge in [-0.05, 0) is 19.5 Å². The van der Waals surface area contributed by atoms with Crippen molar-refractivity contribution < 1.29 is 4.43 Å². The molecule has 140 valence electrons. The van der Waals surface area contributed by atoms with Crippen molar-refractivity contribution in [2.45, 2.75) is 114 Å². The van der Waals surface area contributed by atoms with Crippen LogP contribution in [0.5, 0.6) is 0 Å². The zero-order chi connectivity index (χ0) is 17.4. The van der Waals surface area contributed by atoms with E-state index in [-0.39, 0.29) is 4.46 Å². The maximum Gasteiger partial charge on any atom is 0.220 e. The summed E-state index contributed by atoms with van der Waals surface area (Å²) in [6.07, 6.45) is 19.4. The minimum Gasteiger partial charge on any atom is -0.415 e. The zero-order valence-electron chi connectivity index (χ0n) is 15.8. The maximum atomic E-state index is 5.94. The predicted octanol–water partition coefficient (Wildman–Crippen LogP) is 8.03. The Balaban J connectivity index is 3.14. The van der Waals surface area contributed by atoms with Gasteiger partial charge in [0.15, 0.2) is 0 Å². The molecular formula is C19H40Cl2OSi. The van der Waals surface area contributed by atoms with Gasteiger partial charge >= 0.3 is 0 Å². The Bertz CT molecular complexity index is 248. The summed E-state index contributed by atoms with van der Waals surface area (Å²) in [5, 5.41) is 0. The highest BCUT2D eigenvalue weighted by atomic mass is 35.5. The van der Waals surface area contributed by atoms with Crippen LogP contribution in [0, 0.1) is 0 Å². The second kappa shape index (κ2) is 16.2. The van der Waals surface area contributed by atoms with Crippen LogP contribution in [-0.4, -0.2) is 19.4 Å². The van der Waals surface area contributed by atoms with E-state index in [2.05, 4.69) is 20.0 Å². The summed E-state index contributed by atoms with van der Waals surface area (Å²) in [5.41, 5.74) is 0. The van der Waals surface area contributed by atoms with E-state index >= 15 is 0 Å². The molecule has 0 amide bonds. The normalized spacial score (nSPS) is 12.3. The Morgan fingerprint density at radius 2 is 1.00 bits per heavy atom. The molecule has 0 aromatic rings. The first-order valence-electron chi connectivity index (χ1n) is 9.93. The average molecular weight is 384 g/mol. The topological polar surface area (TPSA) is 9.23 Å². The average Bonchev–Trinajstić information content (AvgIpc) is 2.51. The molecule has 0 radical (unpaired) electrons. The lowest BCUT2D eigenvalue weighted by Gasteiger charge is -2.23. The van der Waals surface area contributed by atoms with Crippen molar-refractivity contribution in [1.29, 1.82) is 0 Å². The molecule has 0 spiro atoms. The van der Waals surface area contributed by atoms with E-state index in [1.807, 2.05) is 0 Å². The standard InChI is InChI=1S/C19H40Cl2OSi/c1-4-5-6-7-8-9-10-11-12-13-14-15-16-17-18-22-23(2,3)19(20)21/h19H,4-18H2,1-3H3. The zero-order valence-corrected chi connectivity index (χ0v) is 18.4. The number of alkyl halides is 2. The van der Waals surface area contributed by atoms with E-state index in [1.54, 1.807) is 0 Å². The van der Waals surface area contributed by atoms with E-state index in [0.29, 0.717) is 0 Å². The summed E-state index contributed by atoms with van der Waals surface area (Å²) in [5.74, 6) is 0. The smallest absolute Gasteiger partial charge is 0.220 e. The van der Waals surface area contributed by atoms with Gasteiger partial charge in [-0.2, -0.15) is 0 Å². The van der Waals surface area contributed by atoms with Gasteiger partial charge in [0.1, 0.15) is 4.46 Å². The molecular weight excluding hydrogens is 343 g/mol. The molecule has 4 heteroatoms. The molecule has 0 aliphatic rings. The Morgan fingerprint density at radius 3 is 1.35 bits per heavy atom. The van der Waals surface area contributed by atoms with Crippen LogP contribution in [-0.2, 0) is 4.43 Å². The Labute approximate surface area is 157 Å². The van der Waals surface area contributed by atoms with Crippen molar-refractivity contribution in [2.75, 3.05) is 6.61 Å². The van der Waals surface area contributed by atoms with Crippen LogP contribution in [0.2, 0.25) is 13.1 Å². The first kappa shape index (κ1) is 23.8. The predicted molar refractivity (Wildman–Crippen MR) is 109 cm³/mol. The van der Waals surface area contributed by atoms with Gasteiger partial charge < -0.3 is 4.43 Å². The van der Waals surface area contributed by atoms with Crippen molar-refractivity contribution in [3.63, 3.8) is 0 Å². The van der Waals surface area contributed by atoms with Gasteiger partial charge in [0, 0.05) is 6.61 Å². The molecule has 0 saturated heterocycles. The van der Waals surface area contributed by atoms with Crippen LogP contribution in [0.25, 0.3) is 0 Å². The summed E-state index contributed by atoms with van der Waals surface area (Å²) in [6.45, 7) is 7.28. The molecule has 0 heterocycles. The molecule has 0 aliphatic heterocycles. The first-order chi connectivity index (χ1) is 11.0. The monoisotopic (exact) mass is 382 g/mol. The Morgan fingerprint density at radius 1 is 0.652 bits per heavy atom. The number of unbranched alkanes of at least 4 members (excludes halogenated alkanes) is 13. The Kier molecular flexibility index (Phi) is 16.8. The molecule has 0 fully saturated rings. The van der Waals surface area contributed by atoms with Crippen LogP contribution >= 0.6 is 23.2 Å². The molecule has 0 saturated carbocycles. The maximum absolute atomic E-state index is 5.94. The molecule has 0 aromatic carbocycles. The Hall–Kier alpha value is 0.757. The van der Waals surface area contributed by atoms with Crippen molar-refractivity contribution in [3.05, 3.63) is 0 Å². The van der Waals surface area contributed by atoms with E-state index in [4.69, 9.17) is 27.6 Å². The molecule has 0 rings (SSSR count). The molecule has 0 aliphatic carbocycles. The van der Waals surface area contributed by atoms with E-state index in [9.17, 15) is 0 Å². The molecule has 0 N–H and O–H groups in total. The van der Waals surface area contributed by atoms with Crippen LogP contribution in [0.1, 0.15) is 96.8 Å². The molecule has 0 unspecified atom stereocenters. The van der Waals surface area contributed by atoms with E-state index < -0.39 is 8.32 Å². The quantitative estimate of drug-likeness (QED) is 0.140. The van der Waals surface area contributed by atoms with Crippen molar-refractivity contribution >= 4 is 31.5 Å². The van der Waals surface area contributed by atoms with E-state index in [0.717, 1.165) is 13.0 Å². The molecule has 1 nitrogen and oxygen atoms in total. The lowest BCUT2D eigenvalue weighted by molar-refractivity contribution is 0.296. The third kappa shape index (κ3) is 16.0. The highest BCUT2D eigenvalue weighted by molar-refractivity contribution is 6.87. The summed E-state index contributed by atoms with van der Waals surface area (Å²) in [7, 11) is -1.85. The fraction of sp³-hybridized carbons (Fsp3) is 1.00. The van der Waals surface area contributed by atoms with Crippen LogP contribution in [0.15, 0.2) is 0 Å². The van der Waals surface area contributed by atoms with Crippen LogP contribution < -0.4 is 0 Å². The van der Waals surface area contributed by atoms with Crippen molar-refractivity contribution in [1.82, 2.24) is 0 Å². The van der Waals surface area contributed by atoms with Gasteiger partial charge in [-0.1, -0.05) is 90.4 Å². The number of halogens is 2. The largest absolute Gasteiger partial charge is 0.415 e. The lowest BCUT2D eigenvalue weighted by Crippen LogP contribution is -2.38. The van der Waals surface area contributed by atoms with Crippen LogP contribution in [0.4, 0.5) is 0 Å². The third-order valence-corrected chi connectivity index (χ3v) is 9.65. The van der Waals surface area contributed by atoms with Crippen LogP contribution in [0.3, 0.4) is 0 Å². The third-order valence-electron chi connectivity index (χ3n) is 4.50. The number of rotatable bonds is 17. The highest BCUT2D eigenvalue weighted by Gasteiger charge is 2.30. The fourth-order valence-corrected chi connectivity index (χ4v) is 3.87. The van der Waals surface area contributed by atoms with Crippen molar-refractivity contribution in [3.8, 4) is 0 Å². The minimum atomic E-state index is -1.85. The van der Waals surface area contributed by atoms with Gasteiger partial charge in [-0.15, -0.1) is 23.2 Å². The van der Waals surface area contributed by atoms with Gasteiger partial charge in [-0.25, -0.2) is 0 Å². The second-order valence-electron chi connectivity index (χ2n) is 7.35.